The fraction of sp³-hybridized carbons (Fsp3) is 0.375. The van der Waals surface area contributed by atoms with Crippen LogP contribution >= 0.6 is 11.5 Å². The highest BCUT2D eigenvalue weighted by Crippen LogP contribution is 2.29. The molecule has 130 valence electrons. The van der Waals surface area contributed by atoms with Crippen molar-refractivity contribution in [2.75, 3.05) is 18.0 Å². The molecule has 3 heterocycles. The highest BCUT2D eigenvalue weighted by Gasteiger charge is 2.21. The zero-order chi connectivity index (χ0) is 17.2. The first-order valence-corrected chi connectivity index (χ1v) is 8.87. The molecule has 1 aliphatic heterocycles. The average Bonchev–Trinajstić information content (AvgIpc) is 3.23. The predicted octanol–water partition coefficient (Wildman–Crippen LogP) is 3.31. The standard InChI is InChI=1S/C16H16F2N6S/c17-12-8-11(9-13(18)10-12)15-20-16(25-21-15)23-5-1-2-14(3-6-23)24-7-4-19-22-24/h4,7-10,14H,1-3,5-6H2. The van der Waals surface area contributed by atoms with Gasteiger partial charge in [0.25, 0.3) is 0 Å². The van der Waals surface area contributed by atoms with E-state index in [0.29, 0.717) is 17.4 Å². The van der Waals surface area contributed by atoms with Crippen LogP contribution in [0.3, 0.4) is 0 Å². The van der Waals surface area contributed by atoms with Gasteiger partial charge in [0.05, 0.1) is 12.2 Å². The second-order valence-corrected chi connectivity index (χ2v) is 6.74. The fourth-order valence-corrected chi connectivity index (χ4v) is 3.83. The van der Waals surface area contributed by atoms with Crippen LogP contribution in [0.2, 0.25) is 0 Å². The van der Waals surface area contributed by atoms with E-state index in [1.807, 2.05) is 10.9 Å². The van der Waals surface area contributed by atoms with Gasteiger partial charge in [-0.05, 0) is 31.4 Å². The number of rotatable bonds is 3. The van der Waals surface area contributed by atoms with E-state index in [4.69, 9.17) is 0 Å². The number of benzene rings is 1. The van der Waals surface area contributed by atoms with Gasteiger partial charge in [-0.15, -0.1) is 5.10 Å². The summed E-state index contributed by atoms with van der Waals surface area (Å²) >= 11 is 1.26. The molecule has 25 heavy (non-hydrogen) atoms. The van der Waals surface area contributed by atoms with Crippen molar-refractivity contribution in [3.05, 3.63) is 42.2 Å². The van der Waals surface area contributed by atoms with Gasteiger partial charge in [0, 0.05) is 42.4 Å². The van der Waals surface area contributed by atoms with E-state index >= 15 is 0 Å². The third-order valence-corrected chi connectivity index (χ3v) is 5.10. The minimum atomic E-state index is -0.628. The molecule has 0 radical (unpaired) electrons. The summed E-state index contributed by atoms with van der Waals surface area (Å²) in [5.41, 5.74) is 0.357. The first-order chi connectivity index (χ1) is 12.2. The summed E-state index contributed by atoms with van der Waals surface area (Å²) in [5, 5.41) is 8.74. The van der Waals surface area contributed by atoms with Crippen LogP contribution in [0, 0.1) is 11.6 Å². The Hall–Kier alpha value is -2.42. The van der Waals surface area contributed by atoms with Gasteiger partial charge in [0.1, 0.15) is 11.6 Å². The van der Waals surface area contributed by atoms with E-state index in [-0.39, 0.29) is 0 Å². The molecule has 9 heteroatoms. The molecule has 2 aromatic heterocycles. The maximum Gasteiger partial charge on any atom is 0.205 e. The van der Waals surface area contributed by atoms with Crippen LogP contribution in [0.15, 0.2) is 30.6 Å². The van der Waals surface area contributed by atoms with E-state index < -0.39 is 11.6 Å². The van der Waals surface area contributed by atoms with Gasteiger partial charge in [-0.1, -0.05) is 5.21 Å². The Morgan fingerprint density at radius 2 is 1.92 bits per heavy atom. The molecule has 1 fully saturated rings. The Balaban J connectivity index is 1.50. The monoisotopic (exact) mass is 362 g/mol. The molecule has 1 unspecified atom stereocenters. The molecular formula is C16H16F2N6S. The van der Waals surface area contributed by atoms with Crippen LogP contribution in [-0.4, -0.2) is 37.4 Å². The molecule has 1 aromatic carbocycles. The zero-order valence-electron chi connectivity index (χ0n) is 13.3. The zero-order valence-corrected chi connectivity index (χ0v) is 14.2. The lowest BCUT2D eigenvalue weighted by atomic mass is 10.1. The van der Waals surface area contributed by atoms with Crippen LogP contribution < -0.4 is 4.90 Å². The lowest BCUT2D eigenvalue weighted by Gasteiger charge is -2.18. The van der Waals surface area contributed by atoms with E-state index in [9.17, 15) is 8.78 Å². The summed E-state index contributed by atoms with van der Waals surface area (Å²) in [4.78, 5) is 6.66. The van der Waals surface area contributed by atoms with Crippen molar-refractivity contribution in [2.24, 2.45) is 0 Å². The molecule has 0 saturated carbocycles. The Morgan fingerprint density at radius 1 is 1.08 bits per heavy atom. The summed E-state index contributed by atoms with van der Waals surface area (Å²) in [6.45, 7) is 1.70. The fourth-order valence-electron chi connectivity index (χ4n) is 3.09. The molecule has 3 aromatic rings. The first kappa shape index (κ1) is 16.1. The normalized spacial score (nSPS) is 18.3. The van der Waals surface area contributed by atoms with E-state index in [1.54, 1.807) is 6.20 Å². The highest BCUT2D eigenvalue weighted by molar-refractivity contribution is 7.09. The number of hydrogen-bond acceptors (Lipinski definition) is 6. The number of nitrogens with zero attached hydrogens (tertiary/aromatic N) is 6. The molecule has 0 bridgehead atoms. The van der Waals surface area contributed by atoms with Crippen LogP contribution in [0.4, 0.5) is 13.9 Å². The molecule has 1 aliphatic rings. The van der Waals surface area contributed by atoms with Gasteiger partial charge < -0.3 is 4.90 Å². The molecule has 6 nitrogen and oxygen atoms in total. The predicted molar refractivity (Wildman–Crippen MR) is 90.4 cm³/mol. The molecule has 0 N–H and O–H groups in total. The highest BCUT2D eigenvalue weighted by atomic mass is 32.1. The number of halogens is 2. The molecule has 0 aliphatic carbocycles. The first-order valence-electron chi connectivity index (χ1n) is 8.10. The lowest BCUT2D eigenvalue weighted by Crippen LogP contribution is -2.24. The summed E-state index contributed by atoms with van der Waals surface area (Å²) in [6.07, 6.45) is 6.56. The minimum Gasteiger partial charge on any atom is -0.347 e. The smallest absolute Gasteiger partial charge is 0.205 e. The maximum absolute atomic E-state index is 13.4. The largest absolute Gasteiger partial charge is 0.347 e. The summed E-state index contributed by atoms with van der Waals surface area (Å²) < 4.78 is 33.0. The van der Waals surface area contributed by atoms with Gasteiger partial charge >= 0.3 is 0 Å². The lowest BCUT2D eigenvalue weighted by molar-refractivity contribution is 0.406. The van der Waals surface area contributed by atoms with Crippen molar-refractivity contribution in [2.45, 2.75) is 25.3 Å². The van der Waals surface area contributed by atoms with Crippen LogP contribution in [0.25, 0.3) is 11.4 Å². The molecule has 4 rings (SSSR count). The van der Waals surface area contributed by atoms with Crippen molar-refractivity contribution >= 4 is 16.7 Å². The minimum absolute atomic E-state index is 0.331. The second-order valence-electron chi connectivity index (χ2n) is 6.01. The third kappa shape index (κ3) is 3.51. The van der Waals surface area contributed by atoms with Gasteiger partial charge in [-0.3, -0.25) is 0 Å². The van der Waals surface area contributed by atoms with Crippen molar-refractivity contribution < 1.29 is 8.78 Å². The van der Waals surface area contributed by atoms with Crippen molar-refractivity contribution in [1.29, 1.82) is 0 Å². The molecular weight excluding hydrogens is 346 g/mol. The Kier molecular flexibility index (Phi) is 4.39. The van der Waals surface area contributed by atoms with Crippen molar-refractivity contribution in [3.63, 3.8) is 0 Å². The van der Waals surface area contributed by atoms with Gasteiger partial charge in [0.15, 0.2) is 5.82 Å². The molecule has 0 amide bonds. The Morgan fingerprint density at radius 3 is 2.68 bits per heavy atom. The Labute approximate surface area is 147 Å². The number of aromatic nitrogens is 5. The Bertz CT molecular complexity index is 830. The van der Waals surface area contributed by atoms with Gasteiger partial charge in [0.2, 0.25) is 5.13 Å². The quantitative estimate of drug-likeness (QED) is 0.715. The van der Waals surface area contributed by atoms with E-state index in [2.05, 4.69) is 24.6 Å². The van der Waals surface area contributed by atoms with Gasteiger partial charge in [-0.2, -0.15) is 9.36 Å². The van der Waals surface area contributed by atoms with Crippen molar-refractivity contribution in [3.8, 4) is 11.4 Å². The number of anilines is 1. The van der Waals surface area contributed by atoms with Crippen molar-refractivity contribution in [1.82, 2.24) is 24.4 Å². The van der Waals surface area contributed by atoms with E-state index in [1.165, 1.54) is 23.7 Å². The number of hydrogen-bond donors (Lipinski definition) is 0. The van der Waals surface area contributed by atoms with Crippen LogP contribution in [-0.2, 0) is 0 Å². The molecule has 1 atom stereocenters. The second kappa shape index (κ2) is 6.83. The van der Waals surface area contributed by atoms with Gasteiger partial charge in [-0.25, -0.2) is 13.5 Å². The summed E-state index contributed by atoms with van der Waals surface area (Å²) in [5.74, 6) is -0.899. The summed E-state index contributed by atoms with van der Waals surface area (Å²) in [7, 11) is 0. The molecule has 1 saturated heterocycles. The topological polar surface area (TPSA) is 59.7 Å². The third-order valence-electron chi connectivity index (χ3n) is 4.32. The maximum atomic E-state index is 13.4. The molecule has 0 spiro atoms. The summed E-state index contributed by atoms with van der Waals surface area (Å²) in [6, 6.07) is 3.67. The van der Waals surface area contributed by atoms with Crippen LogP contribution in [0.1, 0.15) is 25.3 Å². The van der Waals surface area contributed by atoms with Crippen LogP contribution in [0.5, 0.6) is 0 Å². The van der Waals surface area contributed by atoms with E-state index in [0.717, 1.165) is 43.5 Å². The average molecular weight is 362 g/mol. The SMILES string of the molecule is Fc1cc(F)cc(-c2nsc(N3CCCC(n4ccnn4)CC3)n2)c1.